The van der Waals surface area contributed by atoms with Gasteiger partial charge in [0.15, 0.2) is 0 Å². The number of carbonyl (C=O) groups excluding carboxylic acids is 3. The molecule has 1 atom stereocenters. The van der Waals surface area contributed by atoms with E-state index in [1.807, 2.05) is 26.0 Å². The van der Waals surface area contributed by atoms with Crippen molar-refractivity contribution in [2.45, 2.75) is 30.4 Å². The molecule has 6 nitrogen and oxygen atoms in total. The van der Waals surface area contributed by atoms with Gasteiger partial charge in [-0.1, -0.05) is 61.0 Å². The zero-order chi connectivity index (χ0) is 30.1. The van der Waals surface area contributed by atoms with E-state index in [2.05, 4.69) is 16.0 Å². The number of amides is 3. The summed E-state index contributed by atoms with van der Waals surface area (Å²) in [5.41, 5.74) is 2.93. The second-order valence-corrected chi connectivity index (χ2v) is 11.1. The van der Waals surface area contributed by atoms with Crippen LogP contribution < -0.4 is 16.0 Å². The van der Waals surface area contributed by atoms with Crippen molar-refractivity contribution >= 4 is 58.5 Å². The van der Waals surface area contributed by atoms with E-state index in [4.69, 9.17) is 11.6 Å². The van der Waals surface area contributed by atoms with E-state index >= 15 is 0 Å². The maximum absolute atomic E-state index is 13.4. The zero-order valence-corrected chi connectivity index (χ0v) is 24.6. The lowest BCUT2D eigenvalue weighted by Crippen LogP contribution is -2.30. The third kappa shape index (κ3) is 8.55. The van der Waals surface area contributed by atoms with Crippen molar-refractivity contribution in [3.8, 4) is 0 Å². The van der Waals surface area contributed by atoms with Crippen molar-refractivity contribution in [1.82, 2.24) is 5.32 Å². The lowest BCUT2D eigenvalue weighted by Gasteiger charge is -2.17. The number of benzene rings is 4. The standard InChI is InChI=1S/C33H29ClFN3O3S/c1-3-30(33(41)37-28-19-24(34)15-12-21(28)2)42-27-11-7-10-26(20-27)36-32(40)29(18-22-13-16-25(35)17-14-22)38-31(39)23-8-5-4-6-9-23/h4-20,30H,3H2,1-2H3,(H,36,40)(H,37,41)(H,38,39)/b29-18+. The molecule has 0 aliphatic heterocycles. The van der Waals surface area contributed by atoms with Gasteiger partial charge in [-0.3, -0.25) is 14.4 Å². The molecule has 0 spiro atoms. The number of aryl methyl sites for hydroxylation is 1. The minimum Gasteiger partial charge on any atom is -0.325 e. The van der Waals surface area contributed by atoms with Crippen LogP contribution in [0.4, 0.5) is 15.8 Å². The van der Waals surface area contributed by atoms with E-state index < -0.39 is 22.9 Å². The predicted molar refractivity (Wildman–Crippen MR) is 168 cm³/mol. The Bertz CT molecular complexity index is 1610. The molecule has 0 heterocycles. The Morgan fingerprint density at radius 1 is 0.905 bits per heavy atom. The van der Waals surface area contributed by atoms with E-state index in [1.165, 1.54) is 42.1 Å². The van der Waals surface area contributed by atoms with Crippen molar-refractivity contribution in [1.29, 1.82) is 0 Å². The number of anilines is 2. The molecule has 0 aromatic heterocycles. The fourth-order valence-corrected chi connectivity index (χ4v) is 5.13. The van der Waals surface area contributed by atoms with Gasteiger partial charge in [-0.15, -0.1) is 11.8 Å². The third-order valence-corrected chi connectivity index (χ3v) is 7.79. The van der Waals surface area contributed by atoms with Crippen LogP contribution >= 0.6 is 23.4 Å². The van der Waals surface area contributed by atoms with E-state index in [1.54, 1.807) is 60.7 Å². The Kier molecular flexibility index (Phi) is 10.5. The summed E-state index contributed by atoms with van der Waals surface area (Å²) in [5, 5.41) is 8.59. The lowest BCUT2D eigenvalue weighted by atomic mass is 10.1. The van der Waals surface area contributed by atoms with Crippen molar-refractivity contribution in [3.05, 3.63) is 130 Å². The molecular weight excluding hydrogens is 573 g/mol. The summed E-state index contributed by atoms with van der Waals surface area (Å²) < 4.78 is 13.4. The highest BCUT2D eigenvalue weighted by atomic mass is 35.5. The molecule has 42 heavy (non-hydrogen) atoms. The highest BCUT2D eigenvalue weighted by molar-refractivity contribution is 8.00. The molecule has 0 aliphatic rings. The highest BCUT2D eigenvalue weighted by Crippen LogP contribution is 2.29. The minimum absolute atomic E-state index is 0.0174. The average molecular weight is 602 g/mol. The molecule has 0 fully saturated rings. The largest absolute Gasteiger partial charge is 0.325 e. The number of nitrogens with one attached hydrogen (secondary N) is 3. The van der Waals surface area contributed by atoms with Gasteiger partial charge in [-0.2, -0.15) is 0 Å². The molecule has 4 rings (SSSR count). The van der Waals surface area contributed by atoms with Gasteiger partial charge in [0.25, 0.3) is 11.8 Å². The maximum atomic E-state index is 13.4. The van der Waals surface area contributed by atoms with Crippen molar-refractivity contribution < 1.29 is 18.8 Å². The van der Waals surface area contributed by atoms with Gasteiger partial charge in [-0.05, 0) is 85.1 Å². The van der Waals surface area contributed by atoms with Gasteiger partial charge in [0.05, 0.1) is 5.25 Å². The van der Waals surface area contributed by atoms with Gasteiger partial charge in [-0.25, -0.2) is 4.39 Å². The van der Waals surface area contributed by atoms with Gasteiger partial charge in [0, 0.05) is 26.9 Å². The molecule has 0 radical (unpaired) electrons. The monoisotopic (exact) mass is 601 g/mol. The van der Waals surface area contributed by atoms with Crippen LogP contribution in [0.3, 0.4) is 0 Å². The molecular formula is C33H29ClFN3O3S. The number of hydrogen-bond acceptors (Lipinski definition) is 4. The van der Waals surface area contributed by atoms with Crippen LogP contribution in [0, 0.1) is 12.7 Å². The van der Waals surface area contributed by atoms with Crippen LogP contribution in [0.1, 0.15) is 34.8 Å². The Morgan fingerprint density at radius 2 is 1.64 bits per heavy atom. The first-order chi connectivity index (χ1) is 20.2. The molecule has 0 saturated carbocycles. The van der Waals surface area contributed by atoms with Crippen molar-refractivity contribution in [2.24, 2.45) is 0 Å². The lowest BCUT2D eigenvalue weighted by molar-refractivity contribution is -0.116. The minimum atomic E-state index is -0.563. The predicted octanol–water partition coefficient (Wildman–Crippen LogP) is 7.71. The summed E-state index contributed by atoms with van der Waals surface area (Å²) in [6.45, 7) is 3.82. The van der Waals surface area contributed by atoms with E-state index in [0.717, 1.165) is 10.5 Å². The van der Waals surface area contributed by atoms with E-state index in [9.17, 15) is 18.8 Å². The molecule has 214 valence electrons. The molecule has 3 amide bonds. The van der Waals surface area contributed by atoms with Gasteiger partial charge < -0.3 is 16.0 Å². The van der Waals surface area contributed by atoms with Gasteiger partial charge in [0.1, 0.15) is 11.5 Å². The van der Waals surface area contributed by atoms with Crippen LogP contribution in [-0.4, -0.2) is 23.0 Å². The summed E-state index contributed by atoms with van der Waals surface area (Å²) in [6.07, 6.45) is 2.05. The van der Waals surface area contributed by atoms with E-state index in [-0.39, 0.29) is 11.6 Å². The Hall–Kier alpha value is -4.40. The molecule has 0 bridgehead atoms. The van der Waals surface area contributed by atoms with Crippen LogP contribution in [-0.2, 0) is 9.59 Å². The van der Waals surface area contributed by atoms with E-state index in [0.29, 0.717) is 33.9 Å². The highest BCUT2D eigenvalue weighted by Gasteiger charge is 2.20. The molecule has 0 aliphatic carbocycles. The number of carbonyl (C=O) groups is 3. The second kappa shape index (κ2) is 14.5. The SMILES string of the molecule is CCC(Sc1cccc(NC(=O)/C(=C\c2ccc(F)cc2)NC(=O)c2ccccc2)c1)C(=O)Nc1cc(Cl)ccc1C. The fourth-order valence-electron chi connectivity index (χ4n) is 3.94. The van der Waals surface area contributed by atoms with Crippen molar-refractivity contribution in [2.75, 3.05) is 10.6 Å². The fraction of sp³-hybridized carbons (Fsp3) is 0.121. The van der Waals surface area contributed by atoms with Gasteiger partial charge >= 0.3 is 0 Å². The summed E-state index contributed by atoms with van der Waals surface area (Å²) in [5.74, 6) is -1.60. The third-order valence-electron chi connectivity index (χ3n) is 6.20. The van der Waals surface area contributed by atoms with Crippen LogP contribution in [0.25, 0.3) is 6.08 Å². The quantitative estimate of drug-likeness (QED) is 0.128. The Labute approximate surface area is 253 Å². The second-order valence-electron chi connectivity index (χ2n) is 9.37. The summed E-state index contributed by atoms with van der Waals surface area (Å²) in [7, 11) is 0. The smallest absolute Gasteiger partial charge is 0.272 e. The summed E-state index contributed by atoms with van der Waals surface area (Å²) in [6, 6.07) is 26.5. The number of hydrogen-bond donors (Lipinski definition) is 3. The normalized spacial score (nSPS) is 11.9. The Balaban J connectivity index is 1.50. The summed E-state index contributed by atoms with van der Waals surface area (Å²) >= 11 is 7.47. The topological polar surface area (TPSA) is 87.3 Å². The molecule has 9 heteroatoms. The first-order valence-electron chi connectivity index (χ1n) is 13.2. The molecule has 0 saturated heterocycles. The zero-order valence-electron chi connectivity index (χ0n) is 23.0. The summed E-state index contributed by atoms with van der Waals surface area (Å²) in [4.78, 5) is 40.1. The van der Waals surface area contributed by atoms with Crippen LogP contribution in [0.5, 0.6) is 0 Å². The van der Waals surface area contributed by atoms with Crippen molar-refractivity contribution in [3.63, 3.8) is 0 Å². The van der Waals surface area contributed by atoms with Crippen LogP contribution in [0.2, 0.25) is 5.02 Å². The molecule has 3 N–H and O–H groups in total. The first kappa shape index (κ1) is 30.6. The molecule has 4 aromatic rings. The Morgan fingerprint density at radius 3 is 2.36 bits per heavy atom. The maximum Gasteiger partial charge on any atom is 0.272 e. The number of rotatable bonds is 10. The first-order valence-corrected chi connectivity index (χ1v) is 14.5. The number of thioether (sulfide) groups is 1. The molecule has 4 aromatic carbocycles. The number of halogens is 2. The molecule has 1 unspecified atom stereocenters. The average Bonchev–Trinajstić information content (AvgIpc) is 2.99. The van der Waals surface area contributed by atoms with Gasteiger partial charge in [0.2, 0.25) is 5.91 Å². The van der Waals surface area contributed by atoms with Crippen LogP contribution in [0.15, 0.2) is 108 Å².